The summed E-state index contributed by atoms with van der Waals surface area (Å²) in [4.78, 5) is 16.2. The molecule has 0 saturated carbocycles. The summed E-state index contributed by atoms with van der Waals surface area (Å²) >= 11 is 11.9. The molecular weight excluding hydrogens is 421 g/mol. The summed E-state index contributed by atoms with van der Waals surface area (Å²) in [6.45, 7) is 2.70. The number of anilines is 1. The van der Waals surface area contributed by atoms with E-state index < -0.39 is 10.0 Å². The predicted molar refractivity (Wildman–Crippen MR) is 112 cm³/mol. The Labute approximate surface area is 175 Å². The lowest BCUT2D eigenvalue weighted by Crippen LogP contribution is -2.49. The van der Waals surface area contributed by atoms with Crippen molar-refractivity contribution in [3.63, 3.8) is 0 Å². The van der Waals surface area contributed by atoms with Gasteiger partial charge >= 0.3 is 0 Å². The van der Waals surface area contributed by atoms with E-state index in [1.54, 1.807) is 11.0 Å². The van der Waals surface area contributed by atoms with Gasteiger partial charge in [0.15, 0.2) is 0 Å². The number of carbonyl (C=O) groups excluding carboxylic acids is 1. The Kier molecular flexibility index (Phi) is 6.82. The first-order valence-corrected chi connectivity index (χ1v) is 11.1. The Morgan fingerprint density at radius 3 is 2.14 bits per heavy atom. The number of nitrogens with zero attached hydrogens (tertiary/aromatic N) is 2. The lowest BCUT2D eigenvalue weighted by molar-refractivity contribution is -0.131. The highest BCUT2D eigenvalue weighted by atomic mass is 35.5. The summed E-state index contributed by atoms with van der Waals surface area (Å²) in [7, 11) is -3.89. The van der Waals surface area contributed by atoms with E-state index in [9.17, 15) is 13.2 Å². The number of rotatable bonds is 6. The molecule has 9 heteroatoms. The van der Waals surface area contributed by atoms with Crippen LogP contribution in [0.3, 0.4) is 0 Å². The Morgan fingerprint density at radius 1 is 0.929 bits per heavy atom. The van der Waals surface area contributed by atoms with Crippen LogP contribution in [-0.2, 0) is 14.8 Å². The van der Waals surface area contributed by atoms with Crippen molar-refractivity contribution >= 4 is 44.8 Å². The van der Waals surface area contributed by atoms with Crippen molar-refractivity contribution in [2.24, 2.45) is 0 Å². The number of sulfonamides is 1. The van der Waals surface area contributed by atoms with Crippen molar-refractivity contribution in [1.29, 1.82) is 0 Å². The molecule has 28 heavy (non-hydrogen) atoms. The Bertz CT molecular complexity index is 910. The summed E-state index contributed by atoms with van der Waals surface area (Å²) in [5.41, 5.74) is 1.14. The van der Waals surface area contributed by atoms with Crippen molar-refractivity contribution in [2.45, 2.75) is 11.3 Å². The maximum atomic E-state index is 12.4. The van der Waals surface area contributed by atoms with Gasteiger partial charge in [-0.25, -0.2) is 13.1 Å². The first kappa shape index (κ1) is 20.9. The average Bonchev–Trinajstić information content (AvgIpc) is 2.68. The molecule has 0 atom stereocenters. The van der Waals surface area contributed by atoms with Gasteiger partial charge in [-0.15, -0.1) is 0 Å². The SMILES string of the molecule is O=C(CCNS(=O)(=O)c1c(Cl)cccc1Cl)N1CCN(c2ccccc2)CC1. The van der Waals surface area contributed by atoms with Crippen LogP contribution in [0.1, 0.15) is 6.42 Å². The minimum Gasteiger partial charge on any atom is -0.368 e. The van der Waals surface area contributed by atoms with Gasteiger partial charge in [-0.2, -0.15) is 0 Å². The highest BCUT2D eigenvalue weighted by Gasteiger charge is 2.24. The topological polar surface area (TPSA) is 69.7 Å². The van der Waals surface area contributed by atoms with Gasteiger partial charge in [0.2, 0.25) is 15.9 Å². The third-order valence-electron chi connectivity index (χ3n) is 4.57. The molecule has 1 aliphatic rings. The maximum Gasteiger partial charge on any atom is 0.243 e. The van der Waals surface area contributed by atoms with E-state index in [1.165, 1.54) is 12.1 Å². The number of para-hydroxylation sites is 1. The van der Waals surface area contributed by atoms with Gasteiger partial charge in [-0.3, -0.25) is 4.79 Å². The van der Waals surface area contributed by atoms with Crippen LogP contribution in [0.5, 0.6) is 0 Å². The number of hydrogen-bond acceptors (Lipinski definition) is 4. The van der Waals surface area contributed by atoms with Crippen molar-refractivity contribution in [3.05, 3.63) is 58.6 Å². The van der Waals surface area contributed by atoms with E-state index in [2.05, 4.69) is 9.62 Å². The predicted octanol–water partition coefficient (Wildman–Crippen LogP) is 3.01. The van der Waals surface area contributed by atoms with Crippen LogP contribution in [0.4, 0.5) is 5.69 Å². The first-order chi connectivity index (χ1) is 13.4. The summed E-state index contributed by atoms with van der Waals surface area (Å²) < 4.78 is 27.2. The molecule has 1 heterocycles. The van der Waals surface area contributed by atoms with Crippen LogP contribution in [0.15, 0.2) is 53.4 Å². The van der Waals surface area contributed by atoms with Crippen molar-refractivity contribution in [3.8, 4) is 0 Å². The van der Waals surface area contributed by atoms with Gasteiger partial charge in [0.25, 0.3) is 0 Å². The van der Waals surface area contributed by atoms with Crippen LogP contribution in [0.25, 0.3) is 0 Å². The van der Waals surface area contributed by atoms with E-state index >= 15 is 0 Å². The Balaban J connectivity index is 1.50. The monoisotopic (exact) mass is 441 g/mol. The Morgan fingerprint density at radius 2 is 1.54 bits per heavy atom. The highest BCUT2D eigenvalue weighted by molar-refractivity contribution is 7.89. The summed E-state index contributed by atoms with van der Waals surface area (Å²) in [6.07, 6.45) is 0.0760. The smallest absolute Gasteiger partial charge is 0.243 e. The fourth-order valence-electron chi connectivity index (χ4n) is 3.11. The Hall–Kier alpha value is -1.80. The second-order valence-electron chi connectivity index (χ2n) is 6.40. The molecule has 150 valence electrons. The molecule has 3 rings (SSSR count). The number of halogens is 2. The van der Waals surface area contributed by atoms with Crippen molar-refractivity contribution in [2.75, 3.05) is 37.6 Å². The third kappa shape index (κ3) is 4.97. The standard InChI is InChI=1S/C19H21Cl2N3O3S/c20-16-7-4-8-17(21)19(16)28(26,27)22-10-9-18(25)24-13-11-23(12-14-24)15-5-2-1-3-6-15/h1-8,22H,9-14H2. The van der Waals surface area contributed by atoms with E-state index in [4.69, 9.17) is 23.2 Å². The van der Waals surface area contributed by atoms with Gasteiger partial charge < -0.3 is 9.80 Å². The normalized spacial score (nSPS) is 14.9. The minimum absolute atomic E-state index is 0.0123. The van der Waals surface area contributed by atoms with E-state index in [1.807, 2.05) is 30.3 Å². The van der Waals surface area contributed by atoms with Crippen molar-refractivity contribution < 1.29 is 13.2 Å². The van der Waals surface area contributed by atoms with Gasteiger partial charge in [-0.1, -0.05) is 47.5 Å². The fourth-order valence-corrected chi connectivity index (χ4v) is 5.29. The number of amides is 1. The van der Waals surface area contributed by atoms with Crippen LogP contribution >= 0.6 is 23.2 Å². The quantitative estimate of drug-likeness (QED) is 0.747. The number of hydrogen-bond donors (Lipinski definition) is 1. The van der Waals surface area contributed by atoms with Crippen LogP contribution in [0, 0.1) is 0 Å². The molecule has 0 unspecified atom stereocenters. The largest absolute Gasteiger partial charge is 0.368 e. The van der Waals surface area contributed by atoms with Gasteiger partial charge in [0.1, 0.15) is 4.90 Å². The number of piperazine rings is 1. The number of benzene rings is 2. The minimum atomic E-state index is -3.89. The highest BCUT2D eigenvalue weighted by Crippen LogP contribution is 2.28. The number of nitrogens with one attached hydrogen (secondary N) is 1. The molecule has 0 aromatic heterocycles. The molecule has 2 aromatic carbocycles. The van der Waals surface area contributed by atoms with Crippen molar-refractivity contribution in [1.82, 2.24) is 9.62 Å². The first-order valence-electron chi connectivity index (χ1n) is 8.90. The van der Waals surface area contributed by atoms with Gasteiger partial charge in [-0.05, 0) is 24.3 Å². The van der Waals surface area contributed by atoms with Crippen LogP contribution in [0.2, 0.25) is 10.0 Å². The van der Waals surface area contributed by atoms with E-state index in [-0.39, 0.29) is 33.8 Å². The van der Waals surface area contributed by atoms with Gasteiger partial charge in [0, 0.05) is 44.8 Å². The molecule has 0 bridgehead atoms. The molecule has 0 spiro atoms. The molecule has 1 fully saturated rings. The summed E-state index contributed by atoms with van der Waals surface area (Å²) in [5.74, 6) is -0.0827. The number of carbonyl (C=O) groups is 1. The molecule has 6 nitrogen and oxygen atoms in total. The molecule has 0 aliphatic carbocycles. The zero-order valence-electron chi connectivity index (χ0n) is 15.1. The molecule has 0 radical (unpaired) electrons. The molecule has 1 amide bonds. The van der Waals surface area contributed by atoms with E-state index in [0.29, 0.717) is 13.1 Å². The second kappa shape index (κ2) is 9.13. The van der Waals surface area contributed by atoms with Crippen LogP contribution < -0.4 is 9.62 Å². The summed E-state index contributed by atoms with van der Waals surface area (Å²) in [6, 6.07) is 14.5. The maximum absolute atomic E-state index is 12.4. The molecule has 1 aliphatic heterocycles. The second-order valence-corrected chi connectivity index (χ2v) is 8.92. The molecule has 1 saturated heterocycles. The third-order valence-corrected chi connectivity index (χ3v) is 6.99. The lowest BCUT2D eigenvalue weighted by atomic mass is 10.2. The summed E-state index contributed by atoms with van der Waals surface area (Å²) in [5, 5.41) is 0.0896. The molecular formula is C19H21Cl2N3O3S. The zero-order valence-corrected chi connectivity index (χ0v) is 17.5. The van der Waals surface area contributed by atoms with E-state index in [0.717, 1.165) is 18.8 Å². The van der Waals surface area contributed by atoms with Gasteiger partial charge in [0.05, 0.1) is 10.0 Å². The average molecular weight is 442 g/mol. The molecule has 2 aromatic rings. The fraction of sp³-hybridized carbons (Fsp3) is 0.316. The van der Waals surface area contributed by atoms with Crippen LogP contribution in [-0.4, -0.2) is 51.9 Å². The lowest BCUT2D eigenvalue weighted by Gasteiger charge is -2.36. The zero-order chi connectivity index (χ0) is 20.1. The molecule has 1 N–H and O–H groups in total.